The van der Waals surface area contributed by atoms with Crippen molar-refractivity contribution in [2.75, 3.05) is 32.6 Å². The van der Waals surface area contributed by atoms with Crippen LogP contribution >= 0.6 is 11.3 Å². The van der Waals surface area contributed by atoms with E-state index in [0.717, 1.165) is 30.8 Å². The highest BCUT2D eigenvalue weighted by atomic mass is 32.1. The second kappa shape index (κ2) is 8.23. The molecule has 0 unspecified atom stereocenters. The molecule has 1 fully saturated rings. The van der Waals surface area contributed by atoms with Crippen LogP contribution in [0.2, 0.25) is 0 Å². The Morgan fingerprint density at radius 1 is 1.15 bits per heavy atom. The predicted molar refractivity (Wildman–Crippen MR) is 101 cm³/mol. The van der Waals surface area contributed by atoms with Gasteiger partial charge in [0.15, 0.2) is 11.5 Å². The second-order valence-electron chi connectivity index (χ2n) is 6.06. The first kappa shape index (κ1) is 18.3. The molecule has 0 bridgehead atoms. The number of amides is 2. The van der Waals surface area contributed by atoms with E-state index in [1.165, 1.54) is 25.6 Å². The van der Waals surface area contributed by atoms with E-state index in [0.29, 0.717) is 22.7 Å². The predicted octanol–water partition coefficient (Wildman–Crippen LogP) is 3.18. The largest absolute Gasteiger partial charge is 0.493 e. The minimum absolute atomic E-state index is 0.102. The fourth-order valence-corrected chi connectivity index (χ4v) is 3.72. The molecule has 138 valence electrons. The molecule has 6 nitrogen and oxygen atoms in total. The quantitative estimate of drug-likeness (QED) is 0.843. The van der Waals surface area contributed by atoms with Gasteiger partial charge in [-0.3, -0.25) is 9.59 Å². The maximum Gasteiger partial charge on any atom is 0.256 e. The number of anilines is 1. The molecule has 1 aromatic carbocycles. The Morgan fingerprint density at radius 2 is 1.85 bits per heavy atom. The molecule has 0 saturated carbocycles. The molecule has 1 aromatic heterocycles. The molecule has 7 heteroatoms. The lowest BCUT2D eigenvalue weighted by atomic mass is 10.1. The number of ether oxygens (including phenoxy) is 2. The summed E-state index contributed by atoms with van der Waals surface area (Å²) >= 11 is 1.53. The van der Waals surface area contributed by atoms with E-state index in [2.05, 4.69) is 5.32 Å². The average molecular weight is 374 g/mol. The van der Waals surface area contributed by atoms with Crippen LogP contribution in [0.4, 0.5) is 5.69 Å². The van der Waals surface area contributed by atoms with Crippen LogP contribution in [0.3, 0.4) is 0 Å². The Hall–Kier alpha value is -2.54. The van der Waals surface area contributed by atoms with E-state index < -0.39 is 0 Å². The topological polar surface area (TPSA) is 67.9 Å². The smallest absolute Gasteiger partial charge is 0.256 e. The maximum absolute atomic E-state index is 12.9. The average Bonchev–Trinajstić information content (AvgIpc) is 3.34. The zero-order valence-corrected chi connectivity index (χ0v) is 15.7. The van der Waals surface area contributed by atoms with Crippen LogP contribution in [0.15, 0.2) is 29.6 Å². The van der Waals surface area contributed by atoms with Crippen LogP contribution in [0, 0.1) is 0 Å². The van der Waals surface area contributed by atoms with Crippen molar-refractivity contribution in [2.24, 2.45) is 0 Å². The molecule has 3 rings (SSSR count). The first-order chi connectivity index (χ1) is 12.6. The number of thiophene rings is 1. The van der Waals surface area contributed by atoms with Crippen molar-refractivity contribution in [1.82, 2.24) is 4.90 Å². The summed E-state index contributed by atoms with van der Waals surface area (Å²) in [7, 11) is 3.05. The van der Waals surface area contributed by atoms with Crippen LogP contribution in [0.5, 0.6) is 11.5 Å². The molecule has 1 saturated heterocycles. The van der Waals surface area contributed by atoms with E-state index in [-0.39, 0.29) is 18.2 Å². The summed E-state index contributed by atoms with van der Waals surface area (Å²) in [4.78, 5) is 28.1. The van der Waals surface area contributed by atoms with Gasteiger partial charge in [-0.05, 0) is 30.4 Å². The lowest BCUT2D eigenvalue weighted by Gasteiger charge is -2.20. The Balaban J connectivity index is 1.89. The number of carbonyl (C=O) groups excluding carboxylic acids is 2. The van der Waals surface area contributed by atoms with Gasteiger partial charge in [0.2, 0.25) is 5.91 Å². The number of likely N-dealkylation sites (tertiary alicyclic amines) is 1. The van der Waals surface area contributed by atoms with Gasteiger partial charge in [-0.25, -0.2) is 0 Å². The molecule has 0 radical (unpaired) electrons. The third-order valence-electron chi connectivity index (χ3n) is 4.34. The highest BCUT2D eigenvalue weighted by molar-refractivity contribution is 7.10. The lowest BCUT2D eigenvalue weighted by Crippen LogP contribution is -2.29. The third kappa shape index (κ3) is 3.99. The van der Waals surface area contributed by atoms with E-state index in [1.807, 2.05) is 17.5 Å². The first-order valence-electron chi connectivity index (χ1n) is 8.50. The number of methoxy groups -OCH3 is 2. The van der Waals surface area contributed by atoms with E-state index in [9.17, 15) is 9.59 Å². The van der Waals surface area contributed by atoms with Gasteiger partial charge in [0.05, 0.1) is 31.9 Å². The zero-order chi connectivity index (χ0) is 18.5. The molecule has 1 aliphatic heterocycles. The molecule has 1 aliphatic rings. The molecule has 0 aliphatic carbocycles. The van der Waals surface area contributed by atoms with Crippen LogP contribution in [-0.4, -0.2) is 44.0 Å². The molecular formula is C19H22N2O4S. The summed E-state index contributed by atoms with van der Waals surface area (Å²) in [6, 6.07) is 7.11. The van der Waals surface area contributed by atoms with Crippen LogP contribution in [-0.2, 0) is 11.2 Å². The number of rotatable bonds is 6. The summed E-state index contributed by atoms with van der Waals surface area (Å²) in [5.41, 5.74) is 0.866. The van der Waals surface area contributed by atoms with E-state index in [1.54, 1.807) is 17.0 Å². The Morgan fingerprint density at radius 3 is 2.46 bits per heavy atom. The van der Waals surface area contributed by atoms with Gasteiger partial charge in [0, 0.05) is 24.0 Å². The maximum atomic E-state index is 12.9. The van der Waals surface area contributed by atoms with Crippen molar-refractivity contribution in [2.45, 2.75) is 19.3 Å². The lowest BCUT2D eigenvalue weighted by molar-refractivity contribution is -0.115. The number of benzene rings is 1. The molecule has 0 atom stereocenters. The van der Waals surface area contributed by atoms with Gasteiger partial charge in [-0.2, -0.15) is 0 Å². The number of nitrogens with zero attached hydrogens (tertiary/aromatic N) is 1. The molecule has 26 heavy (non-hydrogen) atoms. The van der Waals surface area contributed by atoms with Gasteiger partial charge in [0.25, 0.3) is 5.91 Å². The summed E-state index contributed by atoms with van der Waals surface area (Å²) in [5, 5.41) is 4.80. The van der Waals surface area contributed by atoms with Crippen LogP contribution < -0.4 is 14.8 Å². The number of nitrogens with one attached hydrogen (secondary N) is 1. The molecular weight excluding hydrogens is 352 g/mol. The molecule has 2 heterocycles. The van der Waals surface area contributed by atoms with Crippen molar-refractivity contribution in [3.8, 4) is 11.5 Å². The Labute approximate surface area is 156 Å². The van der Waals surface area contributed by atoms with Crippen molar-refractivity contribution in [1.29, 1.82) is 0 Å². The standard InChI is InChI=1S/C19H22N2O4S/c1-24-16-11-14(19(23)21-7-3-4-8-21)15(12-17(16)25-2)20-18(22)10-13-6-5-9-26-13/h5-6,9,11-12H,3-4,7-8,10H2,1-2H3,(H,20,22). The SMILES string of the molecule is COc1cc(NC(=O)Cc2cccs2)c(C(=O)N2CCCC2)cc1OC. The highest BCUT2D eigenvalue weighted by Crippen LogP contribution is 2.34. The highest BCUT2D eigenvalue weighted by Gasteiger charge is 2.25. The Bertz CT molecular complexity index is 783. The first-order valence-corrected chi connectivity index (χ1v) is 9.38. The zero-order valence-electron chi connectivity index (χ0n) is 14.9. The van der Waals surface area contributed by atoms with Crippen molar-refractivity contribution < 1.29 is 19.1 Å². The third-order valence-corrected chi connectivity index (χ3v) is 5.21. The minimum Gasteiger partial charge on any atom is -0.493 e. The Kier molecular flexibility index (Phi) is 5.78. The fourth-order valence-electron chi connectivity index (χ4n) is 3.02. The van der Waals surface area contributed by atoms with Crippen LogP contribution in [0.25, 0.3) is 0 Å². The normalized spacial score (nSPS) is 13.5. The van der Waals surface area contributed by atoms with Crippen LogP contribution in [0.1, 0.15) is 28.1 Å². The molecule has 2 amide bonds. The summed E-state index contributed by atoms with van der Waals surface area (Å²) in [6.07, 6.45) is 2.27. The van der Waals surface area contributed by atoms with Gasteiger partial charge >= 0.3 is 0 Å². The second-order valence-corrected chi connectivity index (χ2v) is 7.09. The minimum atomic E-state index is -0.171. The van der Waals surface area contributed by atoms with Gasteiger partial charge in [-0.1, -0.05) is 6.07 Å². The monoisotopic (exact) mass is 374 g/mol. The number of carbonyl (C=O) groups is 2. The number of hydrogen-bond acceptors (Lipinski definition) is 5. The summed E-state index contributed by atoms with van der Waals surface area (Å²) in [6.45, 7) is 1.46. The molecule has 2 aromatic rings. The van der Waals surface area contributed by atoms with E-state index in [4.69, 9.17) is 9.47 Å². The summed E-state index contributed by atoms with van der Waals surface area (Å²) in [5.74, 6) is 0.660. The van der Waals surface area contributed by atoms with Gasteiger partial charge in [0.1, 0.15) is 0 Å². The van der Waals surface area contributed by atoms with Crippen molar-refractivity contribution >= 4 is 28.8 Å². The van der Waals surface area contributed by atoms with Crippen molar-refractivity contribution in [3.05, 3.63) is 40.1 Å². The summed E-state index contributed by atoms with van der Waals surface area (Å²) < 4.78 is 10.7. The van der Waals surface area contributed by atoms with Gasteiger partial charge in [-0.15, -0.1) is 11.3 Å². The fraction of sp³-hybridized carbons (Fsp3) is 0.368. The van der Waals surface area contributed by atoms with E-state index >= 15 is 0 Å². The number of hydrogen-bond donors (Lipinski definition) is 1. The molecule has 0 spiro atoms. The molecule has 1 N–H and O–H groups in total. The van der Waals surface area contributed by atoms with Gasteiger partial charge < -0.3 is 19.7 Å². The van der Waals surface area contributed by atoms with Crippen molar-refractivity contribution in [3.63, 3.8) is 0 Å².